The maximum absolute atomic E-state index is 4.30. The average molecular weight is 246 g/mol. The first kappa shape index (κ1) is 11.4. The van der Waals surface area contributed by atoms with E-state index in [4.69, 9.17) is 0 Å². The van der Waals surface area contributed by atoms with Crippen LogP contribution in [0.4, 0.5) is 5.82 Å². The number of hydrogen-bond acceptors (Lipinski definition) is 5. The van der Waals surface area contributed by atoms with Gasteiger partial charge in [0, 0.05) is 12.1 Å². The minimum Gasteiger partial charge on any atom is -0.367 e. The molecule has 0 aliphatic heterocycles. The van der Waals surface area contributed by atoms with Gasteiger partial charge in [-0.1, -0.05) is 0 Å². The smallest absolute Gasteiger partial charge is 0.160 e. The Morgan fingerprint density at radius 1 is 1.39 bits per heavy atom. The Balaban J connectivity index is 1.79. The standard InChI is InChI=1S/C12H18N6/c1-18(2)12(4-3-5-12)7-13-10-9-6-16-17-11(9)15-8-14-10/h6,8H,3-5,7H2,1-2H3,(H2,13,14,15,16,17). The highest BCUT2D eigenvalue weighted by Crippen LogP contribution is 2.36. The van der Waals surface area contributed by atoms with Gasteiger partial charge in [-0.25, -0.2) is 9.97 Å². The van der Waals surface area contributed by atoms with Crippen LogP contribution in [0.3, 0.4) is 0 Å². The highest BCUT2D eigenvalue weighted by Gasteiger charge is 2.38. The van der Waals surface area contributed by atoms with E-state index in [2.05, 4.69) is 44.5 Å². The topological polar surface area (TPSA) is 69.7 Å². The number of likely N-dealkylation sites (N-methyl/N-ethyl adjacent to an activating group) is 1. The summed E-state index contributed by atoms with van der Waals surface area (Å²) in [6.07, 6.45) is 7.12. The highest BCUT2D eigenvalue weighted by molar-refractivity contribution is 5.85. The van der Waals surface area contributed by atoms with Crippen LogP contribution < -0.4 is 5.32 Å². The molecule has 6 heteroatoms. The van der Waals surface area contributed by atoms with Crippen molar-refractivity contribution in [2.75, 3.05) is 26.0 Å². The van der Waals surface area contributed by atoms with E-state index in [1.54, 1.807) is 12.5 Å². The lowest BCUT2D eigenvalue weighted by Crippen LogP contribution is -2.54. The summed E-state index contributed by atoms with van der Waals surface area (Å²) < 4.78 is 0. The van der Waals surface area contributed by atoms with Crippen LogP contribution in [-0.4, -0.2) is 51.2 Å². The van der Waals surface area contributed by atoms with E-state index in [1.807, 2.05) is 0 Å². The van der Waals surface area contributed by atoms with Gasteiger partial charge in [-0.05, 0) is 33.4 Å². The Morgan fingerprint density at radius 3 is 2.89 bits per heavy atom. The zero-order chi connectivity index (χ0) is 12.6. The molecule has 0 amide bonds. The lowest BCUT2D eigenvalue weighted by Gasteiger charge is -2.47. The summed E-state index contributed by atoms with van der Waals surface area (Å²) in [7, 11) is 4.29. The van der Waals surface area contributed by atoms with E-state index in [-0.39, 0.29) is 5.54 Å². The van der Waals surface area contributed by atoms with Crippen molar-refractivity contribution in [3.63, 3.8) is 0 Å². The molecule has 0 unspecified atom stereocenters. The van der Waals surface area contributed by atoms with Crippen molar-refractivity contribution in [1.29, 1.82) is 0 Å². The van der Waals surface area contributed by atoms with E-state index in [0.29, 0.717) is 0 Å². The second-order valence-corrected chi connectivity index (χ2v) is 5.18. The molecule has 0 bridgehead atoms. The van der Waals surface area contributed by atoms with Gasteiger partial charge in [0.1, 0.15) is 12.1 Å². The molecule has 6 nitrogen and oxygen atoms in total. The van der Waals surface area contributed by atoms with Crippen molar-refractivity contribution in [3.05, 3.63) is 12.5 Å². The molecule has 2 N–H and O–H groups in total. The molecule has 2 aromatic heterocycles. The van der Waals surface area contributed by atoms with Gasteiger partial charge in [0.05, 0.1) is 11.6 Å². The molecule has 1 fully saturated rings. The lowest BCUT2D eigenvalue weighted by atomic mass is 9.75. The number of fused-ring (bicyclic) bond motifs is 1. The fraction of sp³-hybridized carbons (Fsp3) is 0.583. The summed E-state index contributed by atoms with van der Waals surface area (Å²) in [6.45, 7) is 0.914. The van der Waals surface area contributed by atoms with E-state index >= 15 is 0 Å². The highest BCUT2D eigenvalue weighted by atomic mass is 15.2. The quantitative estimate of drug-likeness (QED) is 0.849. The predicted molar refractivity (Wildman–Crippen MR) is 70.4 cm³/mol. The second-order valence-electron chi connectivity index (χ2n) is 5.18. The number of anilines is 1. The molecular weight excluding hydrogens is 228 g/mol. The van der Waals surface area contributed by atoms with Crippen LogP contribution in [0, 0.1) is 0 Å². The zero-order valence-electron chi connectivity index (χ0n) is 10.8. The summed E-state index contributed by atoms with van der Waals surface area (Å²) in [5, 5.41) is 11.2. The monoisotopic (exact) mass is 246 g/mol. The molecule has 18 heavy (non-hydrogen) atoms. The predicted octanol–water partition coefficient (Wildman–Crippen LogP) is 1.25. The Kier molecular flexibility index (Phi) is 2.66. The van der Waals surface area contributed by atoms with Gasteiger partial charge in [0.25, 0.3) is 0 Å². The van der Waals surface area contributed by atoms with Crippen LogP contribution in [-0.2, 0) is 0 Å². The van der Waals surface area contributed by atoms with Crippen LogP contribution in [0.2, 0.25) is 0 Å². The molecule has 3 rings (SSSR count). The largest absolute Gasteiger partial charge is 0.367 e. The first-order valence-electron chi connectivity index (χ1n) is 6.27. The summed E-state index contributed by atoms with van der Waals surface area (Å²) in [5.74, 6) is 0.863. The van der Waals surface area contributed by atoms with Gasteiger partial charge in [-0.3, -0.25) is 5.10 Å². The second kappa shape index (κ2) is 4.20. The van der Waals surface area contributed by atoms with Crippen molar-refractivity contribution >= 4 is 16.9 Å². The zero-order valence-corrected chi connectivity index (χ0v) is 10.8. The SMILES string of the molecule is CN(C)C1(CNc2ncnc3[nH]ncc23)CCC1. The van der Waals surface area contributed by atoms with Gasteiger partial charge in [0.2, 0.25) is 0 Å². The fourth-order valence-electron chi connectivity index (χ4n) is 2.52. The Morgan fingerprint density at radius 2 is 2.22 bits per heavy atom. The van der Waals surface area contributed by atoms with Gasteiger partial charge in [-0.15, -0.1) is 0 Å². The third-order valence-electron chi connectivity index (χ3n) is 4.07. The van der Waals surface area contributed by atoms with Crippen molar-refractivity contribution < 1.29 is 0 Å². The maximum atomic E-state index is 4.30. The van der Waals surface area contributed by atoms with E-state index in [0.717, 1.165) is 23.4 Å². The first-order chi connectivity index (χ1) is 8.71. The normalized spacial score (nSPS) is 17.9. The molecule has 2 heterocycles. The van der Waals surface area contributed by atoms with E-state index in [9.17, 15) is 0 Å². The number of rotatable bonds is 4. The Hall–Kier alpha value is -1.69. The molecule has 0 saturated heterocycles. The molecule has 0 atom stereocenters. The van der Waals surface area contributed by atoms with Crippen molar-refractivity contribution in [2.24, 2.45) is 0 Å². The number of H-pyrrole nitrogens is 1. The fourth-order valence-corrected chi connectivity index (χ4v) is 2.52. The molecule has 0 aromatic carbocycles. The number of nitrogens with one attached hydrogen (secondary N) is 2. The third-order valence-corrected chi connectivity index (χ3v) is 4.07. The first-order valence-corrected chi connectivity index (χ1v) is 6.27. The van der Waals surface area contributed by atoms with Crippen molar-refractivity contribution in [3.8, 4) is 0 Å². The number of nitrogens with zero attached hydrogens (tertiary/aromatic N) is 4. The molecule has 1 aliphatic rings. The van der Waals surface area contributed by atoms with E-state index < -0.39 is 0 Å². The molecule has 0 spiro atoms. The Labute approximate surface area is 106 Å². The number of aromatic nitrogens is 4. The molecule has 1 aliphatic carbocycles. The van der Waals surface area contributed by atoms with Gasteiger partial charge in [0.15, 0.2) is 5.65 Å². The summed E-state index contributed by atoms with van der Waals surface area (Å²) in [5.41, 5.74) is 1.06. The minimum absolute atomic E-state index is 0.279. The average Bonchev–Trinajstić information content (AvgIpc) is 2.75. The summed E-state index contributed by atoms with van der Waals surface area (Å²) >= 11 is 0. The molecule has 2 aromatic rings. The number of hydrogen-bond donors (Lipinski definition) is 2. The van der Waals surface area contributed by atoms with Gasteiger partial charge in [-0.2, -0.15) is 5.10 Å². The molecule has 0 radical (unpaired) electrons. The van der Waals surface area contributed by atoms with Gasteiger partial charge >= 0.3 is 0 Å². The van der Waals surface area contributed by atoms with Gasteiger partial charge < -0.3 is 10.2 Å². The van der Waals surface area contributed by atoms with Crippen LogP contribution in [0.5, 0.6) is 0 Å². The number of aromatic amines is 1. The van der Waals surface area contributed by atoms with Crippen molar-refractivity contribution in [2.45, 2.75) is 24.8 Å². The maximum Gasteiger partial charge on any atom is 0.160 e. The third kappa shape index (κ3) is 1.73. The van der Waals surface area contributed by atoms with Crippen LogP contribution in [0.25, 0.3) is 11.0 Å². The molecule has 1 saturated carbocycles. The lowest BCUT2D eigenvalue weighted by molar-refractivity contribution is 0.0738. The molecular formula is C12H18N6. The summed E-state index contributed by atoms with van der Waals surface area (Å²) in [6, 6.07) is 0. The summed E-state index contributed by atoms with van der Waals surface area (Å²) in [4.78, 5) is 10.8. The van der Waals surface area contributed by atoms with Crippen LogP contribution in [0.1, 0.15) is 19.3 Å². The van der Waals surface area contributed by atoms with Crippen molar-refractivity contribution in [1.82, 2.24) is 25.1 Å². The minimum atomic E-state index is 0.279. The van der Waals surface area contributed by atoms with Crippen LogP contribution in [0.15, 0.2) is 12.5 Å². The Bertz CT molecular complexity index is 542. The van der Waals surface area contributed by atoms with Crippen LogP contribution >= 0.6 is 0 Å². The molecule has 96 valence electrons. The van der Waals surface area contributed by atoms with E-state index in [1.165, 1.54) is 19.3 Å².